The van der Waals surface area contributed by atoms with Crippen LogP contribution >= 0.6 is 0 Å². The summed E-state index contributed by atoms with van der Waals surface area (Å²) in [6.45, 7) is 0. The van der Waals surface area contributed by atoms with Crippen LogP contribution in [0.15, 0.2) is 0 Å². The Kier molecular flexibility index (Phi) is 1.90. The third-order valence-corrected chi connectivity index (χ3v) is 3.40. The minimum atomic E-state index is -0.495. The Morgan fingerprint density at radius 3 is 2.64 bits per heavy atom. The van der Waals surface area contributed by atoms with E-state index in [0.717, 1.165) is 11.8 Å². The summed E-state index contributed by atoms with van der Waals surface area (Å²) in [6.07, 6.45) is 4.74. The van der Waals surface area contributed by atoms with Gasteiger partial charge in [0.2, 0.25) is 0 Å². The first-order valence-electron chi connectivity index (χ1n) is 4.52. The monoisotopic (exact) mass is 156 g/mol. The average molecular weight is 156 g/mol. The van der Waals surface area contributed by atoms with Crippen LogP contribution in [0.5, 0.6) is 0 Å². The van der Waals surface area contributed by atoms with Crippen LogP contribution in [0.2, 0.25) is 0 Å². The molecule has 0 heterocycles. The molecular formula is C9H16O2. The second kappa shape index (κ2) is 2.76. The first-order chi connectivity index (χ1) is 5.31. The number of aliphatic hydroxyl groups excluding tert-OH is 1. The molecule has 3 unspecified atom stereocenters. The van der Waals surface area contributed by atoms with E-state index in [4.69, 9.17) is 4.74 Å². The molecule has 2 saturated carbocycles. The summed E-state index contributed by atoms with van der Waals surface area (Å²) in [4.78, 5) is 0. The van der Waals surface area contributed by atoms with Crippen molar-refractivity contribution in [2.45, 2.75) is 32.0 Å². The molecule has 1 N–H and O–H groups in total. The van der Waals surface area contributed by atoms with Crippen molar-refractivity contribution >= 4 is 0 Å². The van der Waals surface area contributed by atoms with E-state index in [-0.39, 0.29) is 0 Å². The lowest BCUT2D eigenvalue weighted by Crippen LogP contribution is -2.26. The smallest absolute Gasteiger partial charge is 0.157 e. The van der Waals surface area contributed by atoms with E-state index in [1.54, 1.807) is 7.11 Å². The topological polar surface area (TPSA) is 29.5 Å². The summed E-state index contributed by atoms with van der Waals surface area (Å²) in [5.74, 6) is 2.10. The Morgan fingerprint density at radius 2 is 2.18 bits per heavy atom. The van der Waals surface area contributed by atoms with Crippen LogP contribution in [-0.2, 0) is 4.74 Å². The van der Waals surface area contributed by atoms with Crippen molar-refractivity contribution in [3.8, 4) is 0 Å². The number of rotatable bonds is 2. The van der Waals surface area contributed by atoms with Crippen LogP contribution in [0.4, 0.5) is 0 Å². The first kappa shape index (κ1) is 7.56. The highest BCUT2D eigenvalue weighted by atomic mass is 16.6. The van der Waals surface area contributed by atoms with Gasteiger partial charge in [0.25, 0.3) is 0 Å². The fourth-order valence-corrected chi connectivity index (χ4v) is 2.82. The SMILES string of the molecule is CO[C@@H](O)C1CC2CCC1C2. The molecule has 0 radical (unpaired) electrons. The molecule has 0 saturated heterocycles. The molecule has 2 nitrogen and oxygen atoms in total. The fourth-order valence-electron chi connectivity index (χ4n) is 2.82. The first-order valence-corrected chi connectivity index (χ1v) is 4.52. The molecule has 0 spiro atoms. The van der Waals surface area contributed by atoms with Crippen LogP contribution in [0.25, 0.3) is 0 Å². The van der Waals surface area contributed by atoms with Gasteiger partial charge in [-0.25, -0.2) is 0 Å². The molecule has 0 aromatic carbocycles. The van der Waals surface area contributed by atoms with Gasteiger partial charge in [0, 0.05) is 13.0 Å². The summed E-state index contributed by atoms with van der Waals surface area (Å²) in [7, 11) is 1.59. The van der Waals surface area contributed by atoms with Crippen LogP contribution in [0.1, 0.15) is 25.7 Å². The largest absolute Gasteiger partial charge is 0.368 e. The normalized spacial score (nSPS) is 44.7. The predicted octanol–water partition coefficient (Wildman–Crippen LogP) is 1.39. The maximum Gasteiger partial charge on any atom is 0.157 e. The summed E-state index contributed by atoms with van der Waals surface area (Å²) in [5, 5.41) is 9.46. The number of fused-ring (bicyclic) bond motifs is 2. The Hall–Kier alpha value is -0.0800. The summed E-state index contributed by atoms with van der Waals surface area (Å²) < 4.78 is 4.94. The standard InChI is InChI=1S/C9H16O2/c1-11-9(10)8-5-6-2-3-7(8)4-6/h6-10H,2-5H2,1H3/t6?,7?,8?,9-/m1/s1. The van der Waals surface area contributed by atoms with E-state index < -0.39 is 6.29 Å². The molecule has 2 fully saturated rings. The molecule has 2 aliphatic rings. The quantitative estimate of drug-likeness (QED) is 0.612. The Balaban J connectivity index is 1.96. The highest BCUT2D eigenvalue weighted by Gasteiger charge is 2.42. The molecule has 2 heteroatoms. The molecule has 2 rings (SSSR count). The Bertz CT molecular complexity index is 146. The zero-order valence-electron chi connectivity index (χ0n) is 6.99. The number of methoxy groups -OCH3 is 1. The third kappa shape index (κ3) is 1.18. The second-order valence-electron chi connectivity index (χ2n) is 3.96. The lowest BCUT2D eigenvalue weighted by molar-refractivity contribution is -0.125. The molecule has 2 aliphatic carbocycles. The summed E-state index contributed by atoms with van der Waals surface area (Å²) in [5.41, 5.74) is 0. The van der Waals surface area contributed by atoms with Crippen molar-refractivity contribution in [3.63, 3.8) is 0 Å². The zero-order chi connectivity index (χ0) is 7.84. The molecule has 64 valence electrons. The second-order valence-corrected chi connectivity index (χ2v) is 3.96. The zero-order valence-corrected chi connectivity index (χ0v) is 6.99. The van der Waals surface area contributed by atoms with Gasteiger partial charge in [-0.3, -0.25) is 0 Å². The van der Waals surface area contributed by atoms with Gasteiger partial charge < -0.3 is 9.84 Å². The van der Waals surface area contributed by atoms with Gasteiger partial charge >= 0.3 is 0 Å². The van der Waals surface area contributed by atoms with E-state index in [2.05, 4.69) is 0 Å². The molecule has 11 heavy (non-hydrogen) atoms. The highest BCUT2D eigenvalue weighted by molar-refractivity contribution is 4.90. The maximum absolute atomic E-state index is 9.46. The van der Waals surface area contributed by atoms with Gasteiger partial charge in [-0.1, -0.05) is 6.42 Å². The van der Waals surface area contributed by atoms with Crippen LogP contribution in [0.3, 0.4) is 0 Å². The third-order valence-electron chi connectivity index (χ3n) is 3.40. The maximum atomic E-state index is 9.46. The van der Waals surface area contributed by atoms with Crippen molar-refractivity contribution < 1.29 is 9.84 Å². The highest BCUT2D eigenvalue weighted by Crippen LogP contribution is 2.49. The molecule has 4 atom stereocenters. The lowest BCUT2D eigenvalue weighted by Gasteiger charge is -2.25. The molecule has 0 amide bonds. The van der Waals surface area contributed by atoms with Gasteiger partial charge in [-0.15, -0.1) is 0 Å². The predicted molar refractivity (Wildman–Crippen MR) is 42.0 cm³/mol. The van der Waals surface area contributed by atoms with Gasteiger partial charge in [0.05, 0.1) is 0 Å². The fraction of sp³-hybridized carbons (Fsp3) is 1.00. The molecule has 0 aromatic heterocycles. The molecule has 2 bridgehead atoms. The number of ether oxygens (including phenoxy) is 1. The van der Waals surface area contributed by atoms with Crippen molar-refractivity contribution in [1.29, 1.82) is 0 Å². The minimum Gasteiger partial charge on any atom is -0.368 e. The molecular weight excluding hydrogens is 140 g/mol. The summed E-state index contributed by atoms with van der Waals surface area (Å²) >= 11 is 0. The van der Waals surface area contributed by atoms with Gasteiger partial charge in [-0.05, 0) is 31.1 Å². The van der Waals surface area contributed by atoms with E-state index >= 15 is 0 Å². The van der Waals surface area contributed by atoms with Crippen molar-refractivity contribution in [1.82, 2.24) is 0 Å². The number of hydrogen-bond donors (Lipinski definition) is 1. The van der Waals surface area contributed by atoms with E-state index in [9.17, 15) is 5.11 Å². The van der Waals surface area contributed by atoms with Gasteiger partial charge in [-0.2, -0.15) is 0 Å². The minimum absolute atomic E-state index is 0.443. The van der Waals surface area contributed by atoms with E-state index in [0.29, 0.717) is 5.92 Å². The Labute approximate surface area is 67.6 Å². The van der Waals surface area contributed by atoms with Crippen molar-refractivity contribution in [3.05, 3.63) is 0 Å². The average Bonchev–Trinajstić information content (AvgIpc) is 2.62. The van der Waals surface area contributed by atoms with Gasteiger partial charge in [0.1, 0.15) is 0 Å². The molecule has 0 aliphatic heterocycles. The van der Waals surface area contributed by atoms with Crippen LogP contribution in [0, 0.1) is 17.8 Å². The van der Waals surface area contributed by atoms with E-state index in [1.807, 2.05) is 0 Å². The van der Waals surface area contributed by atoms with Gasteiger partial charge in [0.15, 0.2) is 6.29 Å². The van der Waals surface area contributed by atoms with E-state index in [1.165, 1.54) is 25.7 Å². The Morgan fingerprint density at radius 1 is 1.36 bits per heavy atom. The van der Waals surface area contributed by atoms with Crippen molar-refractivity contribution in [2.24, 2.45) is 17.8 Å². The van der Waals surface area contributed by atoms with Crippen molar-refractivity contribution in [2.75, 3.05) is 7.11 Å². The lowest BCUT2D eigenvalue weighted by atomic mass is 9.88. The van der Waals surface area contributed by atoms with Crippen LogP contribution in [-0.4, -0.2) is 18.5 Å². The number of aliphatic hydroxyl groups is 1. The number of hydrogen-bond acceptors (Lipinski definition) is 2. The summed E-state index contributed by atoms with van der Waals surface area (Å²) in [6, 6.07) is 0. The van der Waals surface area contributed by atoms with Crippen LogP contribution < -0.4 is 0 Å². The molecule has 0 aromatic rings.